The lowest BCUT2D eigenvalue weighted by Gasteiger charge is -2.29. The number of fused-ring (bicyclic) bond motifs is 1. The number of anilines is 3. The Labute approximate surface area is 138 Å². The van der Waals surface area contributed by atoms with E-state index in [1.807, 2.05) is 12.3 Å². The van der Waals surface area contributed by atoms with Crippen LogP contribution < -0.4 is 10.2 Å². The van der Waals surface area contributed by atoms with Crippen LogP contribution in [0.25, 0.3) is 0 Å². The highest BCUT2D eigenvalue weighted by Crippen LogP contribution is 2.31. The molecule has 0 saturated carbocycles. The second kappa shape index (κ2) is 7.42. The van der Waals surface area contributed by atoms with Crippen LogP contribution in [0.3, 0.4) is 0 Å². The summed E-state index contributed by atoms with van der Waals surface area (Å²) < 4.78 is 0. The summed E-state index contributed by atoms with van der Waals surface area (Å²) in [5.74, 6) is 1.69. The maximum Gasteiger partial charge on any atom is 0.231 e. The Morgan fingerprint density at radius 3 is 2.96 bits per heavy atom. The highest BCUT2D eigenvalue weighted by atomic mass is 15.3. The minimum Gasteiger partial charge on any atom is -0.370 e. The summed E-state index contributed by atoms with van der Waals surface area (Å²) >= 11 is 0. The van der Waals surface area contributed by atoms with E-state index in [2.05, 4.69) is 58.5 Å². The van der Waals surface area contributed by atoms with E-state index in [-0.39, 0.29) is 0 Å². The molecule has 0 unspecified atom stereocenters. The Balaban J connectivity index is 1.71. The van der Waals surface area contributed by atoms with Gasteiger partial charge in [-0.3, -0.25) is 0 Å². The van der Waals surface area contributed by atoms with Crippen LogP contribution in [-0.4, -0.2) is 48.6 Å². The summed E-state index contributed by atoms with van der Waals surface area (Å²) in [5, 5.41) is 3.40. The van der Waals surface area contributed by atoms with E-state index >= 15 is 0 Å². The molecular formula is C18H25N5. The van der Waals surface area contributed by atoms with Crippen molar-refractivity contribution in [3.63, 3.8) is 0 Å². The van der Waals surface area contributed by atoms with Crippen LogP contribution in [-0.2, 0) is 6.42 Å². The van der Waals surface area contributed by atoms with E-state index in [4.69, 9.17) is 4.98 Å². The fourth-order valence-electron chi connectivity index (χ4n) is 2.93. The largest absolute Gasteiger partial charge is 0.370 e. The number of aryl methyl sites for hydroxylation is 1. The number of hydrogen-bond acceptors (Lipinski definition) is 5. The van der Waals surface area contributed by atoms with Crippen LogP contribution in [0.1, 0.15) is 18.4 Å². The third kappa shape index (κ3) is 3.99. The van der Waals surface area contributed by atoms with E-state index in [1.165, 1.54) is 11.3 Å². The average Bonchev–Trinajstić information content (AvgIpc) is 2.58. The molecule has 0 amide bonds. The number of aromatic nitrogens is 2. The SMILES string of the molecule is CN(C)CCCNc1ccnc(N2CCCc3ccccc32)n1. The summed E-state index contributed by atoms with van der Waals surface area (Å²) in [6.07, 6.45) is 5.21. The van der Waals surface area contributed by atoms with Gasteiger partial charge in [-0.05, 0) is 57.6 Å². The van der Waals surface area contributed by atoms with Crippen LogP contribution in [0.2, 0.25) is 0 Å². The zero-order chi connectivity index (χ0) is 16.1. The Morgan fingerprint density at radius 2 is 2.09 bits per heavy atom. The minimum atomic E-state index is 0.787. The molecule has 0 fully saturated rings. The number of rotatable bonds is 6. The fraction of sp³-hybridized carbons (Fsp3) is 0.444. The molecule has 1 aliphatic heterocycles. The first-order valence-corrected chi connectivity index (χ1v) is 8.31. The molecule has 1 aliphatic rings. The minimum absolute atomic E-state index is 0.787. The molecule has 2 heterocycles. The van der Waals surface area contributed by atoms with Crippen LogP contribution in [0.5, 0.6) is 0 Å². The Hall–Kier alpha value is -2.14. The van der Waals surface area contributed by atoms with Gasteiger partial charge in [0.1, 0.15) is 5.82 Å². The number of hydrogen-bond donors (Lipinski definition) is 1. The quantitative estimate of drug-likeness (QED) is 0.831. The van der Waals surface area contributed by atoms with Gasteiger partial charge in [-0.15, -0.1) is 0 Å². The highest BCUT2D eigenvalue weighted by Gasteiger charge is 2.19. The second-order valence-electron chi connectivity index (χ2n) is 6.21. The average molecular weight is 311 g/mol. The zero-order valence-corrected chi connectivity index (χ0v) is 14.0. The summed E-state index contributed by atoms with van der Waals surface area (Å²) in [6, 6.07) is 10.5. The lowest BCUT2D eigenvalue weighted by atomic mass is 10.0. The van der Waals surface area contributed by atoms with Crippen molar-refractivity contribution in [2.24, 2.45) is 0 Å². The molecule has 122 valence electrons. The van der Waals surface area contributed by atoms with Crippen molar-refractivity contribution in [1.29, 1.82) is 0 Å². The van der Waals surface area contributed by atoms with E-state index in [0.717, 1.165) is 50.7 Å². The molecule has 1 N–H and O–H groups in total. The molecule has 0 bridgehead atoms. The summed E-state index contributed by atoms with van der Waals surface area (Å²) in [5.41, 5.74) is 2.62. The van der Waals surface area contributed by atoms with Gasteiger partial charge in [-0.1, -0.05) is 18.2 Å². The molecule has 5 nitrogen and oxygen atoms in total. The van der Waals surface area contributed by atoms with Crippen molar-refractivity contribution in [2.75, 3.05) is 43.9 Å². The summed E-state index contributed by atoms with van der Waals surface area (Å²) in [4.78, 5) is 13.6. The molecule has 3 rings (SSSR count). The van der Waals surface area contributed by atoms with Crippen molar-refractivity contribution < 1.29 is 0 Å². The zero-order valence-electron chi connectivity index (χ0n) is 14.0. The smallest absolute Gasteiger partial charge is 0.231 e. The van der Waals surface area contributed by atoms with Gasteiger partial charge in [0, 0.05) is 25.0 Å². The lowest BCUT2D eigenvalue weighted by Crippen LogP contribution is -2.26. The molecule has 23 heavy (non-hydrogen) atoms. The lowest BCUT2D eigenvalue weighted by molar-refractivity contribution is 0.405. The first-order valence-electron chi connectivity index (χ1n) is 8.31. The van der Waals surface area contributed by atoms with Crippen LogP contribution in [0.4, 0.5) is 17.5 Å². The predicted molar refractivity (Wildman–Crippen MR) is 95.5 cm³/mol. The normalized spacial score (nSPS) is 14.0. The van der Waals surface area contributed by atoms with Crippen LogP contribution in [0.15, 0.2) is 36.5 Å². The van der Waals surface area contributed by atoms with E-state index in [1.54, 1.807) is 0 Å². The van der Waals surface area contributed by atoms with Gasteiger partial charge in [0.05, 0.1) is 0 Å². The van der Waals surface area contributed by atoms with Gasteiger partial charge in [0.15, 0.2) is 0 Å². The van der Waals surface area contributed by atoms with Crippen molar-refractivity contribution in [3.05, 3.63) is 42.1 Å². The van der Waals surface area contributed by atoms with Crippen molar-refractivity contribution in [1.82, 2.24) is 14.9 Å². The summed E-state index contributed by atoms with van der Waals surface area (Å²) in [6.45, 7) is 2.97. The topological polar surface area (TPSA) is 44.3 Å². The molecule has 0 radical (unpaired) electrons. The number of nitrogens with zero attached hydrogens (tertiary/aromatic N) is 4. The third-order valence-corrected chi connectivity index (χ3v) is 4.08. The fourth-order valence-corrected chi connectivity index (χ4v) is 2.93. The number of nitrogens with one attached hydrogen (secondary N) is 1. The van der Waals surface area contributed by atoms with Crippen molar-refractivity contribution >= 4 is 17.5 Å². The van der Waals surface area contributed by atoms with Gasteiger partial charge in [0.2, 0.25) is 5.95 Å². The molecule has 2 aromatic rings. The monoisotopic (exact) mass is 311 g/mol. The molecule has 1 aromatic heterocycles. The molecule has 1 aromatic carbocycles. The molecular weight excluding hydrogens is 286 g/mol. The Kier molecular flexibility index (Phi) is 5.08. The van der Waals surface area contributed by atoms with E-state index < -0.39 is 0 Å². The standard InChI is InChI=1S/C18H25N5/c1-22(2)13-6-11-19-17-10-12-20-18(21-17)23-14-5-8-15-7-3-4-9-16(15)23/h3-4,7,9-10,12H,5-6,8,11,13-14H2,1-2H3,(H,19,20,21). The molecule has 0 atom stereocenters. The molecule has 0 aliphatic carbocycles. The first kappa shape index (κ1) is 15.7. The number of para-hydroxylation sites is 1. The Bertz CT molecular complexity index is 641. The highest BCUT2D eigenvalue weighted by molar-refractivity contribution is 5.64. The van der Waals surface area contributed by atoms with Crippen LogP contribution in [0, 0.1) is 0 Å². The van der Waals surface area contributed by atoms with Crippen molar-refractivity contribution in [3.8, 4) is 0 Å². The number of benzene rings is 1. The van der Waals surface area contributed by atoms with Gasteiger partial charge >= 0.3 is 0 Å². The van der Waals surface area contributed by atoms with Gasteiger partial charge in [-0.25, -0.2) is 4.98 Å². The van der Waals surface area contributed by atoms with E-state index in [9.17, 15) is 0 Å². The predicted octanol–water partition coefficient (Wildman–Crippen LogP) is 2.92. The van der Waals surface area contributed by atoms with Gasteiger partial charge < -0.3 is 15.1 Å². The molecule has 0 saturated heterocycles. The maximum atomic E-state index is 4.70. The second-order valence-corrected chi connectivity index (χ2v) is 6.21. The Morgan fingerprint density at radius 1 is 1.22 bits per heavy atom. The van der Waals surface area contributed by atoms with Crippen LogP contribution >= 0.6 is 0 Å². The first-order chi connectivity index (χ1) is 11.2. The van der Waals surface area contributed by atoms with E-state index in [0.29, 0.717) is 0 Å². The van der Waals surface area contributed by atoms with Crippen molar-refractivity contribution in [2.45, 2.75) is 19.3 Å². The maximum absolute atomic E-state index is 4.70. The third-order valence-electron chi connectivity index (χ3n) is 4.08. The molecule has 5 heteroatoms. The van der Waals surface area contributed by atoms with Gasteiger partial charge in [0.25, 0.3) is 0 Å². The molecule has 0 spiro atoms. The summed E-state index contributed by atoms with van der Waals surface area (Å²) in [7, 11) is 4.19. The van der Waals surface area contributed by atoms with Gasteiger partial charge in [-0.2, -0.15) is 4.98 Å².